The number of carbonyl (C=O) groups is 3. The van der Waals surface area contributed by atoms with Gasteiger partial charge in [0.2, 0.25) is 0 Å². The number of esters is 1. The molecule has 0 aliphatic rings. The third kappa shape index (κ3) is 5.63. The van der Waals surface area contributed by atoms with Gasteiger partial charge in [0.1, 0.15) is 10.8 Å². The van der Waals surface area contributed by atoms with Gasteiger partial charge in [-0.1, -0.05) is 25.1 Å². The fourth-order valence-electron chi connectivity index (χ4n) is 3.10. The van der Waals surface area contributed by atoms with E-state index in [4.69, 9.17) is 9.47 Å². The van der Waals surface area contributed by atoms with Gasteiger partial charge in [0, 0.05) is 20.3 Å². The second-order valence-electron chi connectivity index (χ2n) is 7.83. The van der Waals surface area contributed by atoms with E-state index in [9.17, 15) is 14.4 Å². The van der Waals surface area contributed by atoms with Crippen molar-refractivity contribution >= 4 is 34.1 Å². The molecule has 0 unspecified atom stereocenters. The summed E-state index contributed by atoms with van der Waals surface area (Å²) in [6, 6.07) is 9.16. The standard InChI is InChI=1S/C24H28N4O5S/c1-6-13-32-24(31)19-16(3)20(23(30)27(4)5)34-22(19)25-21(29)17-11-12-28(26-17)14-33-18-10-8-7-9-15(18)2/h7-12H,6,13-14H2,1-5H3,(H,25,29). The Morgan fingerprint density at radius 3 is 2.56 bits per heavy atom. The maximum absolute atomic E-state index is 12.9. The first-order valence-electron chi connectivity index (χ1n) is 10.8. The predicted octanol–water partition coefficient (Wildman–Crippen LogP) is 4.12. The van der Waals surface area contributed by atoms with Gasteiger partial charge in [0.15, 0.2) is 12.4 Å². The van der Waals surface area contributed by atoms with Gasteiger partial charge in [-0.25, -0.2) is 9.48 Å². The first-order chi connectivity index (χ1) is 16.2. The van der Waals surface area contributed by atoms with Crippen LogP contribution in [0.5, 0.6) is 5.75 Å². The highest BCUT2D eigenvalue weighted by atomic mass is 32.1. The van der Waals surface area contributed by atoms with Crippen molar-refractivity contribution in [3.8, 4) is 5.75 Å². The van der Waals surface area contributed by atoms with Gasteiger partial charge in [0.05, 0.1) is 17.0 Å². The lowest BCUT2D eigenvalue weighted by Gasteiger charge is -2.09. The zero-order chi connectivity index (χ0) is 24.8. The largest absolute Gasteiger partial charge is 0.471 e. The van der Waals surface area contributed by atoms with E-state index in [-0.39, 0.29) is 35.5 Å². The molecular formula is C24H28N4O5S. The number of nitrogens with zero attached hydrogens (tertiary/aromatic N) is 3. The van der Waals surface area contributed by atoms with E-state index < -0.39 is 11.9 Å². The molecule has 9 nitrogen and oxygen atoms in total. The number of hydrogen-bond donors (Lipinski definition) is 1. The summed E-state index contributed by atoms with van der Waals surface area (Å²) in [5, 5.41) is 7.24. The van der Waals surface area contributed by atoms with Gasteiger partial charge >= 0.3 is 5.97 Å². The van der Waals surface area contributed by atoms with E-state index in [2.05, 4.69) is 10.4 Å². The minimum absolute atomic E-state index is 0.131. The number of aromatic nitrogens is 2. The summed E-state index contributed by atoms with van der Waals surface area (Å²) in [4.78, 5) is 40.0. The summed E-state index contributed by atoms with van der Waals surface area (Å²) < 4.78 is 12.5. The number of para-hydroxylation sites is 1. The monoisotopic (exact) mass is 484 g/mol. The van der Waals surface area contributed by atoms with Crippen molar-refractivity contribution in [1.82, 2.24) is 14.7 Å². The van der Waals surface area contributed by atoms with Crippen LogP contribution in [-0.2, 0) is 11.5 Å². The Morgan fingerprint density at radius 1 is 1.15 bits per heavy atom. The lowest BCUT2D eigenvalue weighted by molar-refractivity contribution is 0.0506. The number of benzene rings is 1. The normalized spacial score (nSPS) is 10.6. The molecule has 0 spiro atoms. The minimum atomic E-state index is -0.583. The van der Waals surface area contributed by atoms with Crippen LogP contribution in [0.25, 0.3) is 0 Å². The van der Waals surface area contributed by atoms with Crippen LogP contribution in [0.1, 0.15) is 55.0 Å². The van der Waals surface area contributed by atoms with Gasteiger partial charge in [-0.3, -0.25) is 9.59 Å². The topological polar surface area (TPSA) is 103 Å². The minimum Gasteiger partial charge on any atom is -0.471 e. The van der Waals surface area contributed by atoms with Crippen LogP contribution < -0.4 is 10.1 Å². The molecule has 2 amide bonds. The molecule has 0 radical (unpaired) electrons. The van der Waals surface area contributed by atoms with Crippen LogP contribution in [0, 0.1) is 13.8 Å². The predicted molar refractivity (Wildman–Crippen MR) is 130 cm³/mol. The highest BCUT2D eigenvalue weighted by Gasteiger charge is 2.28. The Balaban J connectivity index is 1.79. The molecule has 0 fully saturated rings. The van der Waals surface area contributed by atoms with Crippen LogP contribution in [-0.4, -0.2) is 53.2 Å². The molecule has 34 heavy (non-hydrogen) atoms. The van der Waals surface area contributed by atoms with E-state index in [0.29, 0.717) is 16.9 Å². The summed E-state index contributed by atoms with van der Waals surface area (Å²) in [5.74, 6) is -0.623. The fourth-order valence-corrected chi connectivity index (χ4v) is 4.31. The molecule has 3 rings (SSSR count). The summed E-state index contributed by atoms with van der Waals surface area (Å²) in [6.45, 7) is 5.87. The van der Waals surface area contributed by atoms with Crippen LogP contribution in [0.3, 0.4) is 0 Å². The van der Waals surface area contributed by atoms with Gasteiger partial charge in [-0.05, 0) is 43.5 Å². The van der Waals surface area contributed by atoms with E-state index in [1.807, 2.05) is 38.1 Å². The number of ether oxygens (including phenoxy) is 2. The van der Waals surface area contributed by atoms with Crippen molar-refractivity contribution in [2.45, 2.75) is 33.9 Å². The molecule has 0 saturated carbocycles. The Hall–Kier alpha value is -3.66. The zero-order valence-corrected chi connectivity index (χ0v) is 20.7. The molecule has 1 N–H and O–H groups in total. The van der Waals surface area contributed by atoms with Crippen molar-refractivity contribution in [2.24, 2.45) is 0 Å². The summed E-state index contributed by atoms with van der Waals surface area (Å²) in [6.07, 6.45) is 2.28. The number of carbonyl (C=O) groups excluding carboxylic acids is 3. The van der Waals surface area contributed by atoms with Gasteiger partial charge in [-0.15, -0.1) is 11.3 Å². The highest BCUT2D eigenvalue weighted by Crippen LogP contribution is 2.34. The van der Waals surface area contributed by atoms with Crippen LogP contribution in [0.4, 0.5) is 5.00 Å². The average molecular weight is 485 g/mol. The van der Waals surface area contributed by atoms with E-state index in [1.54, 1.807) is 33.3 Å². The molecule has 0 aliphatic carbocycles. The summed E-state index contributed by atoms with van der Waals surface area (Å²) >= 11 is 1.04. The maximum Gasteiger partial charge on any atom is 0.341 e. The van der Waals surface area contributed by atoms with Crippen molar-refractivity contribution in [3.63, 3.8) is 0 Å². The molecule has 0 bridgehead atoms. The third-order valence-electron chi connectivity index (χ3n) is 4.93. The lowest BCUT2D eigenvalue weighted by atomic mass is 10.1. The zero-order valence-electron chi connectivity index (χ0n) is 19.9. The van der Waals surface area contributed by atoms with Gasteiger partial charge in [-0.2, -0.15) is 5.10 Å². The van der Waals surface area contributed by atoms with E-state index in [1.165, 1.54) is 9.58 Å². The Bertz CT molecular complexity index is 1200. The Kier molecular flexibility index (Phi) is 8.06. The SMILES string of the molecule is CCCOC(=O)c1c(NC(=O)c2ccn(COc3ccccc3C)n2)sc(C(=O)N(C)C)c1C. The molecule has 0 aliphatic heterocycles. The first-order valence-corrected chi connectivity index (χ1v) is 11.6. The molecule has 10 heteroatoms. The molecule has 3 aromatic rings. The quantitative estimate of drug-likeness (QED) is 0.459. The van der Waals surface area contributed by atoms with Crippen molar-refractivity contribution in [1.29, 1.82) is 0 Å². The first kappa shape index (κ1) is 25.0. The number of rotatable bonds is 9. The van der Waals surface area contributed by atoms with E-state index in [0.717, 1.165) is 22.6 Å². The number of anilines is 1. The van der Waals surface area contributed by atoms with Crippen molar-refractivity contribution < 1.29 is 23.9 Å². The van der Waals surface area contributed by atoms with Gasteiger partial charge in [0.25, 0.3) is 11.8 Å². The smallest absolute Gasteiger partial charge is 0.341 e. The lowest BCUT2D eigenvalue weighted by Crippen LogP contribution is -2.21. The van der Waals surface area contributed by atoms with Gasteiger partial charge < -0.3 is 19.7 Å². The highest BCUT2D eigenvalue weighted by molar-refractivity contribution is 7.18. The second-order valence-corrected chi connectivity index (χ2v) is 8.85. The number of aryl methyl sites for hydroxylation is 1. The van der Waals surface area contributed by atoms with E-state index >= 15 is 0 Å². The summed E-state index contributed by atoms with van der Waals surface area (Å²) in [7, 11) is 3.25. The average Bonchev–Trinajstić information content (AvgIpc) is 3.41. The van der Waals surface area contributed by atoms with Crippen LogP contribution in [0.15, 0.2) is 36.5 Å². The molecule has 0 saturated heterocycles. The van der Waals surface area contributed by atoms with Crippen LogP contribution in [0.2, 0.25) is 0 Å². The molecule has 1 aromatic carbocycles. The number of hydrogen-bond acceptors (Lipinski definition) is 7. The molecule has 2 aromatic heterocycles. The third-order valence-corrected chi connectivity index (χ3v) is 6.13. The number of amides is 2. The Morgan fingerprint density at radius 2 is 1.88 bits per heavy atom. The number of nitrogens with one attached hydrogen (secondary N) is 1. The molecule has 0 atom stereocenters. The van der Waals surface area contributed by atoms with Crippen molar-refractivity contribution in [3.05, 3.63) is 63.8 Å². The molecular weight excluding hydrogens is 456 g/mol. The molecule has 2 heterocycles. The number of thiophene rings is 1. The fraction of sp³-hybridized carbons (Fsp3) is 0.333. The van der Waals surface area contributed by atoms with Crippen LogP contribution >= 0.6 is 11.3 Å². The second kappa shape index (κ2) is 11.0. The molecule has 180 valence electrons. The summed E-state index contributed by atoms with van der Waals surface area (Å²) in [5.41, 5.74) is 1.79. The Labute approximate surface area is 202 Å². The maximum atomic E-state index is 12.9. The van der Waals surface area contributed by atoms with Crippen molar-refractivity contribution in [2.75, 3.05) is 26.0 Å².